The van der Waals surface area contributed by atoms with Crippen LogP contribution in [0.25, 0.3) is 26.7 Å². The predicted molar refractivity (Wildman–Crippen MR) is 66.7 cm³/mol. The number of aromatic nitrogens is 1. The maximum atomic E-state index is 7.23. The van der Waals surface area contributed by atoms with Gasteiger partial charge in [0, 0.05) is 23.5 Å². The third kappa shape index (κ3) is 1.00. The Morgan fingerprint density at radius 2 is 1.75 bits per heavy atom. The van der Waals surface area contributed by atoms with Crippen LogP contribution in [-0.4, -0.2) is 4.57 Å². The molecule has 0 amide bonds. The zero-order valence-corrected chi connectivity index (χ0v) is 8.94. The van der Waals surface area contributed by atoms with Crippen molar-refractivity contribution in [1.82, 2.24) is 4.57 Å². The first-order valence-electron chi connectivity index (χ1n) is 5.16. The maximum absolute atomic E-state index is 7.23. The van der Waals surface area contributed by atoms with E-state index >= 15 is 0 Å². The third-order valence-electron chi connectivity index (χ3n) is 3.04. The average Bonchev–Trinajstić information content (AvgIpc) is 2.64. The maximum Gasteiger partial charge on any atom is 0.197 e. The van der Waals surface area contributed by atoms with E-state index in [2.05, 4.69) is 27.6 Å². The fourth-order valence-electron chi connectivity index (χ4n) is 2.28. The summed E-state index contributed by atoms with van der Waals surface area (Å²) in [5.41, 5.74) is 3.03. The molecule has 0 saturated heterocycles. The van der Waals surface area contributed by atoms with Crippen LogP contribution in [-0.2, 0) is 7.05 Å². The van der Waals surface area contributed by atoms with Crippen LogP contribution >= 0.6 is 0 Å². The van der Waals surface area contributed by atoms with Crippen molar-refractivity contribution >= 4 is 27.5 Å². The highest BCUT2D eigenvalue weighted by molar-refractivity contribution is 6.14. The van der Waals surface area contributed by atoms with Crippen molar-refractivity contribution in [3.8, 4) is 0 Å². The Morgan fingerprint density at radius 1 is 1.00 bits per heavy atom. The topological polar surface area (TPSA) is 9.29 Å². The molecule has 0 spiro atoms. The lowest BCUT2D eigenvalue weighted by molar-refractivity contribution is 1.01. The Labute approximate surface area is 93.5 Å². The van der Waals surface area contributed by atoms with Gasteiger partial charge in [-0.2, -0.15) is 0 Å². The molecule has 0 N–H and O–H groups in total. The minimum atomic E-state index is 0.731. The van der Waals surface area contributed by atoms with Crippen LogP contribution in [0.2, 0.25) is 0 Å². The summed E-state index contributed by atoms with van der Waals surface area (Å²) >= 11 is 0. The molecular formula is C14H10N2. The van der Waals surface area contributed by atoms with E-state index in [1.54, 1.807) is 0 Å². The van der Waals surface area contributed by atoms with Crippen LogP contribution < -0.4 is 0 Å². The summed E-state index contributed by atoms with van der Waals surface area (Å²) in [5.74, 6) is 0. The van der Waals surface area contributed by atoms with Gasteiger partial charge in [0.1, 0.15) is 0 Å². The predicted octanol–water partition coefficient (Wildman–Crippen LogP) is 3.88. The summed E-state index contributed by atoms with van der Waals surface area (Å²) in [6.07, 6.45) is 0. The van der Waals surface area contributed by atoms with Crippen LogP contribution in [0.5, 0.6) is 0 Å². The van der Waals surface area contributed by atoms with E-state index < -0.39 is 0 Å². The molecule has 0 saturated carbocycles. The molecule has 0 atom stereocenters. The van der Waals surface area contributed by atoms with Gasteiger partial charge < -0.3 is 4.57 Å². The molecule has 16 heavy (non-hydrogen) atoms. The summed E-state index contributed by atoms with van der Waals surface area (Å²) < 4.78 is 2.14. The fourth-order valence-corrected chi connectivity index (χ4v) is 2.28. The third-order valence-corrected chi connectivity index (χ3v) is 3.04. The van der Waals surface area contributed by atoms with Gasteiger partial charge in [0.15, 0.2) is 5.69 Å². The smallest absolute Gasteiger partial charge is 0.197 e. The molecule has 2 heteroatoms. The number of hydrogen-bond acceptors (Lipinski definition) is 0. The zero-order chi connectivity index (χ0) is 11.1. The van der Waals surface area contributed by atoms with Crippen molar-refractivity contribution in [2.24, 2.45) is 7.05 Å². The van der Waals surface area contributed by atoms with Gasteiger partial charge in [-0.3, -0.25) is 0 Å². The quantitative estimate of drug-likeness (QED) is 0.494. The minimum Gasteiger partial charge on any atom is -0.345 e. The number of benzene rings is 2. The molecule has 2 aromatic carbocycles. The molecule has 3 rings (SSSR count). The minimum absolute atomic E-state index is 0.731. The molecule has 0 fully saturated rings. The van der Waals surface area contributed by atoms with Crippen molar-refractivity contribution in [2.45, 2.75) is 0 Å². The van der Waals surface area contributed by atoms with Crippen molar-refractivity contribution in [2.75, 3.05) is 0 Å². The molecule has 0 aliphatic heterocycles. The lowest BCUT2D eigenvalue weighted by Crippen LogP contribution is -1.85. The molecule has 0 unspecified atom stereocenters. The van der Waals surface area contributed by atoms with Crippen LogP contribution in [0.3, 0.4) is 0 Å². The average molecular weight is 206 g/mol. The highest BCUT2D eigenvalue weighted by Gasteiger charge is 2.10. The van der Waals surface area contributed by atoms with Gasteiger partial charge in [-0.1, -0.05) is 30.3 Å². The lowest BCUT2D eigenvalue weighted by atomic mass is 10.1. The second-order valence-electron chi connectivity index (χ2n) is 3.86. The van der Waals surface area contributed by atoms with Crippen molar-refractivity contribution in [3.63, 3.8) is 0 Å². The standard InChI is InChI=1S/C14H10N2/c1-15-11-7-5-9-13-14(11)10-6-3-4-8-12(10)16(13)2/h3-9H,2H3. The second-order valence-corrected chi connectivity index (χ2v) is 3.86. The van der Waals surface area contributed by atoms with E-state index in [1.165, 1.54) is 5.52 Å². The van der Waals surface area contributed by atoms with E-state index in [9.17, 15) is 0 Å². The van der Waals surface area contributed by atoms with E-state index in [0.29, 0.717) is 0 Å². The molecule has 76 valence electrons. The summed E-state index contributed by atoms with van der Waals surface area (Å²) in [6.45, 7) is 7.23. The molecule has 0 aliphatic carbocycles. The monoisotopic (exact) mass is 206 g/mol. The van der Waals surface area contributed by atoms with Crippen molar-refractivity contribution in [3.05, 3.63) is 53.9 Å². The number of fused-ring (bicyclic) bond motifs is 3. The Morgan fingerprint density at radius 3 is 2.56 bits per heavy atom. The van der Waals surface area contributed by atoms with E-state index in [1.807, 2.05) is 31.3 Å². The van der Waals surface area contributed by atoms with Gasteiger partial charge in [0.05, 0.1) is 6.57 Å². The van der Waals surface area contributed by atoms with E-state index in [0.717, 1.165) is 22.0 Å². The largest absolute Gasteiger partial charge is 0.345 e. The highest BCUT2D eigenvalue weighted by Crippen LogP contribution is 2.34. The lowest BCUT2D eigenvalue weighted by Gasteiger charge is -1.97. The molecule has 1 aromatic heterocycles. The molecular weight excluding hydrogens is 196 g/mol. The first-order chi connectivity index (χ1) is 7.83. The van der Waals surface area contributed by atoms with Crippen LogP contribution in [0, 0.1) is 6.57 Å². The summed E-state index contributed by atoms with van der Waals surface area (Å²) in [6, 6.07) is 14.1. The Kier molecular flexibility index (Phi) is 1.75. The SMILES string of the molecule is [C-]#[N+]c1cccc2c1c1ccccc1n2C. The van der Waals surface area contributed by atoms with Crippen LogP contribution in [0.15, 0.2) is 42.5 Å². The molecule has 0 bridgehead atoms. The van der Waals surface area contributed by atoms with Gasteiger partial charge in [0.25, 0.3) is 0 Å². The molecule has 2 nitrogen and oxygen atoms in total. The van der Waals surface area contributed by atoms with Gasteiger partial charge in [0.2, 0.25) is 0 Å². The Balaban J connectivity index is 2.69. The first kappa shape index (κ1) is 8.99. The molecule has 1 heterocycles. The van der Waals surface area contributed by atoms with Crippen molar-refractivity contribution < 1.29 is 0 Å². The van der Waals surface area contributed by atoms with E-state index in [-0.39, 0.29) is 0 Å². The Hall–Kier alpha value is -2.27. The van der Waals surface area contributed by atoms with Gasteiger partial charge >= 0.3 is 0 Å². The number of para-hydroxylation sites is 1. The number of rotatable bonds is 0. The first-order valence-corrected chi connectivity index (χ1v) is 5.16. The fraction of sp³-hybridized carbons (Fsp3) is 0.0714. The molecule has 3 aromatic rings. The van der Waals surface area contributed by atoms with E-state index in [4.69, 9.17) is 6.57 Å². The van der Waals surface area contributed by atoms with Crippen LogP contribution in [0.4, 0.5) is 5.69 Å². The van der Waals surface area contributed by atoms with Gasteiger partial charge in [-0.15, -0.1) is 0 Å². The normalized spacial score (nSPS) is 10.8. The number of hydrogen-bond donors (Lipinski definition) is 0. The summed E-state index contributed by atoms with van der Waals surface area (Å²) in [7, 11) is 2.04. The number of nitrogens with zero attached hydrogens (tertiary/aromatic N) is 2. The zero-order valence-electron chi connectivity index (χ0n) is 8.94. The highest BCUT2D eigenvalue weighted by atomic mass is 14.9. The Bertz CT molecular complexity index is 729. The number of aryl methyl sites for hydroxylation is 1. The second kappa shape index (κ2) is 3.11. The summed E-state index contributed by atoms with van der Waals surface area (Å²) in [5, 5.41) is 2.22. The molecule has 0 aliphatic rings. The van der Waals surface area contributed by atoms with Crippen LogP contribution in [0.1, 0.15) is 0 Å². The molecule has 0 radical (unpaired) electrons. The van der Waals surface area contributed by atoms with Gasteiger partial charge in [-0.25, -0.2) is 4.85 Å². The van der Waals surface area contributed by atoms with Crippen molar-refractivity contribution in [1.29, 1.82) is 0 Å². The summed E-state index contributed by atoms with van der Waals surface area (Å²) in [4.78, 5) is 3.60. The van der Waals surface area contributed by atoms with Gasteiger partial charge in [-0.05, 0) is 17.5 Å².